The number of hydrogen-bond acceptors (Lipinski definition) is 3. The van der Waals surface area contributed by atoms with Gasteiger partial charge >= 0.3 is 0 Å². The summed E-state index contributed by atoms with van der Waals surface area (Å²) in [5.74, 6) is 5.13. The van der Waals surface area contributed by atoms with Crippen molar-refractivity contribution in [2.75, 3.05) is 13.2 Å². The fraction of sp³-hybridized carbons (Fsp3) is 0.467. The largest absolute Gasteiger partial charge is 0.384 e. The van der Waals surface area contributed by atoms with Gasteiger partial charge in [0.1, 0.15) is 12.4 Å². The molecule has 21 heavy (non-hydrogen) atoms. The van der Waals surface area contributed by atoms with Gasteiger partial charge in [-0.15, -0.1) is 0 Å². The maximum atomic E-state index is 13.2. The van der Waals surface area contributed by atoms with Crippen LogP contribution in [0.3, 0.4) is 0 Å². The summed E-state index contributed by atoms with van der Waals surface area (Å²) >= 11 is 0. The lowest BCUT2D eigenvalue weighted by Crippen LogP contribution is -2.29. The van der Waals surface area contributed by atoms with E-state index >= 15 is 0 Å². The number of nitrogens with one attached hydrogen (secondary N) is 1. The minimum Gasteiger partial charge on any atom is -0.384 e. The molecule has 2 N–H and O–H groups in total. The minimum absolute atomic E-state index is 0.0515. The second kappa shape index (κ2) is 6.56. The van der Waals surface area contributed by atoms with Crippen LogP contribution in [0.4, 0.5) is 4.39 Å². The molecule has 0 heterocycles. The molecule has 0 amide bonds. The third-order valence-corrected chi connectivity index (χ3v) is 5.04. The molecule has 0 bridgehead atoms. The summed E-state index contributed by atoms with van der Waals surface area (Å²) in [6.45, 7) is 1.96. The molecule has 2 rings (SSSR count). The molecule has 4 nitrogen and oxygen atoms in total. The SMILES string of the molecule is CC(CNS(=O)(=O)c1ccc(F)cc1C#CCO)C1CC1. The van der Waals surface area contributed by atoms with Gasteiger partial charge in [-0.1, -0.05) is 18.8 Å². The molecular formula is C15H18FNO3S. The van der Waals surface area contributed by atoms with E-state index in [0.717, 1.165) is 25.0 Å². The summed E-state index contributed by atoms with van der Waals surface area (Å²) in [5, 5.41) is 8.70. The van der Waals surface area contributed by atoms with Crippen molar-refractivity contribution >= 4 is 10.0 Å². The minimum atomic E-state index is -3.74. The van der Waals surface area contributed by atoms with Gasteiger partial charge in [-0.25, -0.2) is 17.5 Å². The summed E-state index contributed by atoms with van der Waals surface area (Å²) in [4.78, 5) is -0.0622. The second-order valence-electron chi connectivity index (χ2n) is 5.27. The first-order valence-corrected chi connectivity index (χ1v) is 8.31. The summed E-state index contributed by atoms with van der Waals surface area (Å²) in [5.41, 5.74) is 0.0515. The molecule has 114 valence electrons. The number of rotatable bonds is 5. The van der Waals surface area contributed by atoms with Gasteiger partial charge < -0.3 is 5.11 Å². The van der Waals surface area contributed by atoms with Crippen molar-refractivity contribution in [3.63, 3.8) is 0 Å². The average molecular weight is 311 g/mol. The Hall–Kier alpha value is -1.42. The molecule has 1 aliphatic carbocycles. The van der Waals surface area contributed by atoms with Gasteiger partial charge in [-0.3, -0.25) is 0 Å². The lowest BCUT2D eigenvalue weighted by Gasteiger charge is -2.13. The average Bonchev–Trinajstić information content (AvgIpc) is 3.27. The van der Waals surface area contributed by atoms with Gasteiger partial charge in [-0.2, -0.15) is 0 Å². The molecule has 0 aromatic heterocycles. The summed E-state index contributed by atoms with van der Waals surface area (Å²) in [7, 11) is -3.74. The highest BCUT2D eigenvalue weighted by Crippen LogP contribution is 2.36. The first-order chi connectivity index (χ1) is 9.94. The van der Waals surface area contributed by atoms with Crippen molar-refractivity contribution in [2.45, 2.75) is 24.7 Å². The fourth-order valence-electron chi connectivity index (χ4n) is 2.12. The Morgan fingerprint density at radius 3 is 2.81 bits per heavy atom. The number of sulfonamides is 1. The molecule has 6 heteroatoms. The zero-order valence-corrected chi connectivity index (χ0v) is 12.6. The Labute approximate surface area is 124 Å². The van der Waals surface area contributed by atoms with E-state index in [2.05, 4.69) is 16.6 Å². The van der Waals surface area contributed by atoms with E-state index in [0.29, 0.717) is 12.5 Å². The standard InChI is InChI=1S/C15H18FNO3S/c1-11(12-4-5-12)10-17-21(19,20)15-7-6-14(16)9-13(15)3-2-8-18/h6-7,9,11-12,17-18H,4-5,8,10H2,1H3. The van der Waals surface area contributed by atoms with Crippen LogP contribution in [0.2, 0.25) is 0 Å². The number of halogens is 1. The monoisotopic (exact) mass is 311 g/mol. The predicted octanol–water partition coefficient (Wildman–Crippen LogP) is 1.49. The van der Waals surface area contributed by atoms with E-state index in [1.807, 2.05) is 6.92 Å². The molecular weight excluding hydrogens is 293 g/mol. The third-order valence-electron chi connectivity index (χ3n) is 3.56. The fourth-order valence-corrected chi connectivity index (χ4v) is 3.40. The van der Waals surface area contributed by atoms with E-state index in [1.54, 1.807) is 0 Å². The topological polar surface area (TPSA) is 66.4 Å². The van der Waals surface area contributed by atoms with E-state index in [4.69, 9.17) is 5.11 Å². The van der Waals surface area contributed by atoms with Crippen LogP contribution in [-0.2, 0) is 10.0 Å². The normalized spacial score (nSPS) is 16.1. The highest BCUT2D eigenvalue weighted by molar-refractivity contribution is 7.89. The number of benzene rings is 1. The van der Waals surface area contributed by atoms with Crippen molar-refractivity contribution in [1.29, 1.82) is 0 Å². The predicted molar refractivity (Wildman–Crippen MR) is 77.4 cm³/mol. The first kappa shape index (κ1) is 16.0. The van der Waals surface area contributed by atoms with E-state index in [1.165, 1.54) is 6.07 Å². The van der Waals surface area contributed by atoms with Gasteiger partial charge in [0.25, 0.3) is 0 Å². The molecule has 1 unspecified atom stereocenters. The number of aliphatic hydroxyl groups excluding tert-OH is 1. The van der Waals surface area contributed by atoms with Crippen molar-refractivity contribution < 1.29 is 17.9 Å². The van der Waals surface area contributed by atoms with Gasteiger partial charge in [0.15, 0.2) is 0 Å². The zero-order chi connectivity index (χ0) is 15.5. The summed E-state index contributed by atoms with van der Waals surface area (Å²) in [6.07, 6.45) is 2.29. The summed E-state index contributed by atoms with van der Waals surface area (Å²) < 4.78 is 40.4. The Morgan fingerprint density at radius 1 is 1.48 bits per heavy atom. The van der Waals surface area contributed by atoms with Gasteiger partial charge in [0.05, 0.1) is 4.90 Å². The van der Waals surface area contributed by atoms with E-state index in [-0.39, 0.29) is 16.4 Å². The molecule has 0 aliphatic heterocycles. The smallest absolute Gasteiger partial charge is 0.241 e. The van der Waals surface area contributed by atoms with Crippen molar-refractivity contribution in [2.24, 2.45) is 11.8 Å². The van der Waals surface area contributed by atoms with Gasteiger partial charge in [0, 0.05) is 12.1 Å². The van der Waals surface area contributed by atoms with Crippen molar-refractivity contribution in [3.05, 3.63) is 29.6 Å². The summed E-state index contributed by atoms with van der Waals surface area (Å²) in [6, 6.07) is 3.34. The number of aliphatic hydroxyl groups is 1. The molecule has 1 aromatic rings. The lowest BCUT2D eigenvalue weighted by atomic mass is 10.1. The molecule has 0 spiro atoms. The maximum Gasteiger partial charge on any atom is 0.241 e. The maximum absolute atomic E-state index is 13.2. The van der Waals surface area contributed by atoms with E-state index < -0.39 is 22.4 Å². The molecule has 1 aliphatic rings. The van der Waals surface area contributed by atoms with Crippen LogP contribution in [0.5, 0.6) is 0 Å². The Balaban J connectivity index is 2.21. The van der Waals surface area contributed by atoms with Crippen LogP contribution in [0.1, 0.15) is 25.3 Å². The highest BCUT2D eigenvalue weighted by atomic mass is 32.2. The van der Waals surface area contributed by atoms with Crippen LogP contribution in [0, 0.1) is 29.5 Å². The van der Waals surface area contributed by atoms with Crippen LogP contribution >= 0.6 is 0 Å². The number of hydrogen-bond donors (Lipinski definition) is 2. The van der Waals surface area contributed by atoms with Crippen molar-refractivity contribution in [1.82, 2.24) is 4.72 Å². The van der Waals surface area contributed by atoms with Crippen LogP contribution in [0.25, 0.3) is 0 Å². The Kier molecular flexibility index (Phi) is 4.99. The molecule has 1 fully saturated rings. The first-order valence-electron chi connectivity index (χ1n) is 6.83. The highest BCUT2D eigenvalue weighted by Gasteiger charge is 2.29. The van der Waals surface area contributed by atoms with Crippen molar-refractivity contribution in [3.8, 4) is 11.8 Å². The Morgan fingerprint density at radius 2 is 2.19 bits per heavy atom. The third kappa shape index (κ3) is 4.27. The molecule has 0 radical (unpaired) electrons. The quantitative estimate of drug-likeness (QED) is 0.810. The lowest BCUT2D eigenvalue weighted by molar-refractivity contribution is 0.350. The molecule has 1 saturated carbocycles. The van der Waals surface area contributed by atoms with Gasteiger partial charge in [0.2, 0.25) is 10.0 Å². The second-order valence-corrected chi connectivity index (χ2v) is 7.00. The van der Waals surface area contributed by atoms with Gasteiger partial charge in [-0.05, 0) is 42.9 Å². The van der Waals surface area contributed by atoms with Crippen LogP contribution < -0.4 is 4.72 Å². The molecule has 0 saturated heterocycles. The molecule has 1 atom stereocenters. The zero-order valence-electron chi connectivity index (χ0n) is 11.8. The van der Waals surface area contributed by atoms with Crippen LogP contribution in [0.15, 0.2) is 23.1 Å². The Bertz CT molecular complexity index is 672. The van der Waals surface area contributed by atoms with E-state index in [9.17, 15) is 12.8 Å². The molecule has 1 aromatic carbocycles. The van der Waals surface area contributed by atoms with Crippen LogP contribution in [-0.4, -0.2) is 26.7 Å².